The predicted molar refractivity (Wildman–Crippen MR) is 308 cm³/mol. The van der Waals surface area contributed by atoms with E-state index >= 15 is 4.79 Å². The minimum atomic E-state index is -1.19. The second kappa shape index (κ2) is 24.9. The quantitative estimate of drug-likeness (QED) is 0.0842. The van der Waals surface area contributed by atoms with E-state index in [1.165, 1.54) is 17.7 Å². The zero-order valence-electron chi connectivity index (χ0n) is 48.1. The molecule has 3 heterocycles. The molecular weight excluding hydrogens is 1010 g/mol. The molecule has 9 rings (SSSR count). The van der Waals surface area contributed by atoms with Crippen molar-refractivity contribution in [2.75, 3.05) is 71.0 Å². The van der Waals surface area contributed by atoms with Gasteiger partial charge in [0.2, 0.25) is 23.6 Å². The van der Waals surface area contributed by atoms with Gasteiger partial charge in [0.1, 0.15) is 5.82 Å². The van der Waals surface area contributed by atoms with Crippen LogP contribution >= 0.6 is 0 Å². The fourth-order valence-electron chi connectivity index (χ4n) is 12.8. The van der Waals surface area contributed by atoms with E-state index in [9.17, 15) is 28.4 Å². The molecule has 4 aromatic rings. The van der Waals surface area contributed by atoms with Crippen LogP contribution < -0.4 is 31.5 Å². The lowest BCUT2D eigenvalue weighted by molar-refractivity contribution is -0.139. The topological polar surface area (TPSA) is 182 Å². The Kier molecular flexibility index (Phi) is 18.2. The summed E-state index contributed by atoms with van der Waals surface area (Å²) in [4.78, 5) is 92.9. The monoisotopic (exact) mass is 1090 g/mol. The summed E-state index contributed by atoms with van der Waals surface area (Å²) in [6.07, 6.45) is 3.74. The second-order valence-corrected chi connectivity index (χ2v) is 24.8. The molecule has 0 radical (unpaired) electrons. The smallest absolute Gasteiger partial charge is 0.241 e. The summed E-state index contributed by atoms with van der Waals surface area (Å²) in [7, 11) is 1.69. The van der Waals surface area contributed by atoms with Crippen LogP contribution in [0.3, 0.4) is 0 Å². The molecule has 0 aromatic heterocycles. The molecule has 5 aliphatic rings. The Balaban J connectivity index is 0.915. The number of ether oxygens (including phenoxy) is 1. The molecule has 2 fully saturated rings. The van der Waals surface area contributed by atoms with Crippen LogP contribution in [-0.2, 0) is 71.0 Å². The number of anilines is 1. The average Bonchev–Trinajstić information content (AvgIpc) is 3.76. The Bertz CT molecular complexity index is 2940. The summed E-state index contributed by atoms with van der Waals surface area (Å²) in [5, 5.41) is 15.9. The maximum absolute atomic E-state index is 15.0. The summed E-state index contributed by atoms with van der Waals surface area (Å²) in [6.45, 7) is 18.0. The van der Waals surface area contributed by atoms with E-state index in [4.69, 9.17) is 4.74 Å². The molecule has 0 spiro atoms. The molecule has 4 amide bonds. The SMILES string of the molecule is CN[C@@H](C)C(=O)N[C@H](C(=O)C1Cc2cc(CC(=O)CNC(=O)C3(C)CN(C(=O)CN4C[C@@H](C)NC[C@@H]4CN4CCOC[C@H]4C)c4cc(Cc5ccc(F)cc5)ccc43)ccc2C[C@H]1C(=O)N[C@@H]1CCCc2ccccc21)C(C)(C)C. The number of ketones is 2. The maximum Gasteiger partial charge on any atom is 0.241 e. The van der Waals surface area contributed by atoms with Gasteiger partial charge in [-0.3, -0.25) is 38.6 Å². The first-order chi connectivity index (χ1) is 38.2. The summed E-state index contributed by atoms with van der Waals surface area (Å²) in [5.74, 6) is -3.20. The number of Topliss-reactive ketones (excluding diaryl/α,β-unsaturated/α-hetero) is 2. The maximum atomic E-state index is 15.0. The Morgan fingerprint density at radius 3 is 2.36 bits per heavy atom. The van der Waals surface area contributed by atoms with E-state index in [0.717, 1.165) is 66.7 Å². The van der Waals surface area contributed by atoms with E-state index in [0.29, 0.717) is 49.4 Å². The number of rotatable bonds is 18. The lowest BCUT2D eigenvalue weighted by atomic mass is 9.68. The zero-order valence-corrected chi connectivity index (χ0v) is 48.1. The lowest BCUT2D eigenvalue weighted by Crippen LogP contribution is -2.62. The van der Waals surface area contributed by atoms with Crippen molar-refractivity contribution in [1.82, 2.24) is 36.4 Å². The highest BCUT2D eigenvalue weighted by Crippen LogP contribution is 2.43. The van der Waals surface area contributed by atoms with Crippen molar-refractivity contribution in [2.45, 2.75) is 135 Å². The van der Waals surface area contributed by atoms with Gasteiger partial charge in [-0.15, -0.1) is 0 Å². The van der Waals surface area contributed by atoms with Crippen LogP contribution in [0.2, 0.25) is 0 Å². The Hall–Kier alpha value is -6.17. The van der Waals surface area contributed by atoms with Gasteiger partial charge in [0.15, 0.2) is 11.6 Å². The van der Waals surface area contributed by atoms with Gasteiger partial charge in [-0.05, 0) is 141 Å². The standard InChI is InChI=1S/C64H83FN8O7/c1-39-34-72(49(32-67-39)35-71-24-25-80-37-40(71)2)36-57(75)73-38-64(7,54-23-19-43(29-56(54)73)26-42-17-21-48(65)22-18-42)62(79)68-33-50(74)28-44-16-20-46-30-53(61(78)69-55-15-11-13-45-12-9-10-14-51(45)55)52(31-47(46)27-44)58(76)59(63(4,5)6)70-60(77)41(3)66-8/h9-10,12,14,16-23,27,29,39-41,49,52-53,55,59,66-67H,11,13,15,24-26,28,30-38H2,1-8H3,(H,68,79)(H,69,78)(H,70,77)/t39-,40-,41+,49-,52?,53-,55-,59-,64?/m1/s1. The van der Waals surface area contributed by atoms with E-state index in [2.05, 4.69) is 62.4 Å². The van der Waals surface area contributed by atoms with Crippen LogP contribution in [0.15, 0.2) is 84.9 Å². The van der Waals surface area contributed by atoms with Crippen LogP contribution in [0, 0.1) is 23.1 Å². The number of nitrogens with zero attached hydrogens (tertiary/aromatic N) is 3. The third-order valence-corrected chi connectivity index (χ3v) is 17.7. The summed E-state index contributed by atoms with van der Waals surface area (Å²) >= 11 is 0. The van der Waals surface area contributed by atoms with Crippen LogP contribution in [0.25, 0.3) is 0 Å². The highest BCUT2D eigenvalue weighted by atomic mass is 19.1. The number of carbonyl (C=O) groups excluding carboxylic acids is 6. The second-order valence-electron chi connectivity index (χ2n) is 24.8. The van der Waals surface area contributed by atoms with Gasteiger partial charge in [-0.2, -0.15) is 0 Å². The zero-order chi connectivity index (χ0) is 57.0. The molecule has 9 atom stereocenters. The van der Waals surface area contributed by atoms with Crippen molar-refractivity contribution in [3.05, 3.63) is 135 Å². The molecule has 3 aliphatic heterocycles. The van der Waals surface area contributed by atoms with E-state index in [1.54, 1.807) is 31.0 Å². The fraction of sp³-hybridized carbons (Fsp3) is 0.531. The van der Waals surface area contributed by atoms with Gasteiger partial charge in [-0.1, -0.05) is 87.5 Å². The van der Waals surface area contributed by atoms with E-state index < -0.39 is 34.7 Å². The first kappa shape index (κ1) is 58.5. The lowest BCUT2D eigenvalue weighted by Gasteiger charge is -2.43. The number of morpholine rings is 1. The molecular formula is C64H83FN8O7. The van der Waals surface area contributed by atoms with Gasteiger partial charge >= 0.3 is 0 Å². The molecule has 15 nitrogen and oxygen atoms in total. The van der Waals surface area contributed by atoms with Crippen molar-refractivity contribution in [3.63, 3.8) is 0 Å². The van der Waals surface area contributed by atoms with Crippen LogP contribution in [0.4, 0.5) is 10.1 Å². The Morgan fingerprint density at radius 1 is 0.875 bits per heavy atom. The van der Waals surface area contributed by atoms with Crippen molar-refractivity contribution >= 4 is 40.9 Å². The number of benzene rings is 4. The predicted octanol–water partition coefficient (Wildman–Crippen LogP) is 5.56. The van der Waals surface area contributed by atoms with Gasteiger partial charge in [0, 0.05) is 68.9 Å². The number of amides is 4. The Labute approximate surface area is 471 Å². The molecule has 80 heavy (non-hydrogen) atoms. The number of hydrogen-bond donors (Lipinski definition) is 5. The molecule has 2 saturated heterocycles. The molecule has 4 aromatic carbocycles. The first-order valence-corrected chi connectivity index (χ1v) is 29.0. The summed E-state index contributed by atoms with van der Waals surface area (Å²) in [6, 6.07) is 25.1. The number of carbonyl (C=O) groups is 6. The number of halogens is 1. The van der Waals surface area contributed by atoms with Gasteiger partial charge < -0.3 is 36.2 Å². The summed E-state index contributed by atoms with van der Waals surface area (Å²) in [5.41, 5.74) is 6.11. The number of fused-ring (bicyclic) bond motifs is 3. The highest BCUT2D eigenvalue weighted by molar-refractivity contribution is 6.04. The molecule has 0 saturated carbocycles. The number of hydrogen-bond acceptors (Lipinski definition) is 11. The largest absolute Gasteiger partial charge is 0.379 e. The van der Waals surface area contributed by atoms with Crippen molar-refractivity contribution in [3.8, 4) is 0 Å². The molecule has 16 heteroatoms. The first-order valence-electron chi connectivity index (χ1n) is 29.0. The molecule has 0 bridgehead atoms. The molecule has 2 unspecified atom stereocenters. The van der Waals surface area contributed by atoms with Crippen molar-refractivity contribution in [2.24, 2.45) is 17.3 Å². The minimum absolute atomic E-state index is 0.0118. The van der Waals surface area contributed by atoms with Crippen molar-refractivity contribution < 1.29 is 37.9 Å². The number of likely N-dealkylation sites (N-methyl/N-ethyl adjacent to an activating group) is 1. The normalized spacial score (nSPS) is 24.8. The summed E-state index contributed by atoms with van der Waals surface area (Å²) < 4.78 is 19.6. The minimum Gasteiger partial charge on any atom is -0.379 e. The highest BCUT2D eigenvalue weighted by Gasteiger charge is 2.48. The number of nitrogens with one attached hydrogen (secondary N) is 5. The third kappa shape index (κ3) is 13.3. The molecule has 2 aliphatic carbocycles. The van der Waals surface area contributed by atoms with Crippen LogP contribution in [-0.4, -0.2) is 141 Å². The van der Waals surface area contributed by atoms with E-state index in [-0.39, 0.29) is 97.7 Å². The van der Waals surface area contributed by atoms with Gasteiger partial charge in [0.25, 0.3) is 0 Å². The average molecular weight is 1100 g/mol. The van der Waals surface area contributed by atoms with Gasteiger partial charge in [0.05, 0.1) is 55.8 Å². The number of piperazine rings is 1. The van der Waals surface area contributed by atoms with Crippen LogP contribution in [0.1, 0.15) is 112 Å². The molecule has 428 valence electrons. The van der Waals surface area contributed by atoms with Crippen molar-refractivity contribution in [1.29, 1.82) is 0 Å². The van der Waals surface area contributed by atoms with Crippen LogP contribution in [0.5, 0.6) is 0 Å². The Morgan fingerprint density at radius 2 is 1.61 bits per heavy atom. The fourth-order valence-corrected chi connectivity index (χ4v) is 12.8. The number of aryl methyl sites for hydroxylation is 1. The van der Waals surface area contributed by atoms with Gasteiger partial charge in [-0.25, -0.2) is 4.39 Å². The van der Waals surface area contributed by atoms with E-state index in [1.807, 2.05) is 76.2 Å². The third-order valence-electron chi connectivity index (χ3n) is 17.7. The molecule has 5 N–H and O–H groups in total.